The Hall–Kier alpha value is -1.84. The molecule has 182 valence electrons. The fourth-order valence-corrected chi connectivity index (χ4v) is 3.73. The summed E-state index contributed by atoms with van der Waals surface area (Å²) in [4.78, 5) is 4.77. The highest BCUT2D eigenvalue weighted by Crippen LogP contribution is 2.19. The van der Waals surface area contributed by atoms with Crippen LogP contribution in [0.4, 0.5) is 0 Å². The zero-order valence-electron chi connectivity index (χ0n) is 20.1. The van der Waals surface area contributed by atoms with Crippen molar-refractivity contribution in [3.63, 3.8) is 0 Å². The van der Waals surface area contributed by atoms with E-state index in [2.05, 4.69) is 66.9 Å². The number of methoxy groups -OCH3 is 1. The summed E-state index contributed by atoms with van der Waals surface area (Å²) in [7, 11) is 1.71. The lowest BCUT2D eigenvalue weighted by molar-refractivity contribution is -0.0390. The van der Waals surface area contributed by atoms with Gasteiger partial charge in [-0.2, -0.15) is 0 Å². The number of halogens is 1. The van der Waals surface area contributed by atoms with Crippen molar-refractivity contribution in [1.82, 2.24) is 10.6 Å². The summed E-state index contributed by atoms with van der Waals surface area (Å²) >= 11 is 0. The SMILES string of the molecule is CCNC(=NCc1cccc(COC2CCOCC2)c1)NCCc1ccc(C)c(OC)c1.I. The van der Waals surface area contributed by atoms with Crippen LogP contribution in [0.1, 0.15) is 42.0 Å². The van der Waals surface area contributed by atoms with E-state index >= 15 is 0 Å². The smallest absolute Gasteiger partial charge is 0.191 e. The molecular weight excluding hydrogens is 529 g/mol. The molecule has 0 aliphatic carbocycles. The molecule has 1 heterocycles. The van der Waals surface area contributed by atoms with Crippen LogP contribution in [0, 0.1) is 6.92 Å². The first kappa shape index (κ1) is 27.4. The highest BCUT2D eigenvalue weighted by atomic mass is 127. The summed E-state index contributed by atoms with van der Waals surface area (Å²) in [5.41, 5.74) is 4.77. The predicted molar refractivity (Wildman–Crippen MR) is 145 cm³/mol. The minimum absolute atomic E-state index is 0. The van der Waals surface area contributed by atoms with E-state index in [1.54, 1.807) is 7.11 Å². The molecule has 1 aliphatic heterocycles. The maximum atomic E-state index is 6.06. The topological polar surface area (TPSA) is 64.1 Å². The fourth-order valence-electron chi connectivity index (χ4n) is 3.73. The quantitative estimate of drug-likeness (QED) is 0.250. The van der Waals surface area contributed by atoms with Gasteiger partial charge in [-0.3, -0.25) is 0 Å². The van der Waals surface area contributed by atoms with Crippen LogP contribution in [0.15, 0.2) is 47.5 Å². The predicted octanol–water partition coefficient (Wildman–Crippen LogP) is 4.62. The molecule has 6 nitrogen and oxygen atoms in total. The molecule has 0 radical (unpaired) electrons. The van der Waals surface area contributed by atoms with Crippen molar-refractivity contribution in [2.45, 2.75) is 52.4 Å². The molecule has 1 aliphatic rings. The minimum Gasteiger partial charge on any atom is -0.496 e. The highest BCUT2D eigenvalue weighted by molar-refractivity contribution is 14.0. The second kappa shape index (κ2) is 15.1. The Morgan fingerprint density at radius 3 is 2.61 bits per heavy atom. The molecule has 2 aromatic carbocycles. The summed E-state index contributed by atoms with van der Waals surface area (Å²) in [6.45, 7) is 8.63. The summed E-state index contributed by atoms with van der Waals surface area (Å²) in [6.07, 6.45) is 3.18. The van der Waals surface area contributed by atoms with E-state index in [4.69, 9.17) is 19.2 Å². The van der Waals surface area contributed by atoms with Gasteiger partial charge in [-0.1, -0.05) is 36.4 Å². The number of hydrogen-bond donors (Lipinski definition) is 2. The molecule has 2 N–H and O–H groups in total. The molecule has 0 bridgehead atoms. The third-order valence-electron chi connectivity index (χ3n) is 5.59. The number of ether oxygens (including phenoxy) is 3. The number of aliphatic imine (C=N–C) groups is 1. The number of benzene rings is 2. The van der Waals surface area contributed by atoms with Gasteiger partial charge in [0.1, 0.15) is 5.75 Å². The first-order chi connectivity index (χ1) is 15.7. The van der Waals surface area contributed by atoms with E-state index in [0.29, 0.717) is 19.3 Å². The van der Waals surface area contributed by atoms with Crippen molar-refractivity contribution in [3.05, 3.63) is 64.7 Å². The number of hydrogen-bond acceptors (Lipinski definition) is 4. The zero-order chi connectivity index (χ0) is 22.6. The largest absolute Gasteiger partial charge is 0.496 e. The maximum Gasteiger partial charge on any atom is 0.191 e. The van der Waals surface area contributed by atoms with Crippen LogP contribution in [0.5, 0.6) is 5.75 Å². The van der Waals surface area contributed by atoms with E-state index < -0.39 is 0 Å². The molecule has 0 unspecified atom stereocenters. The molecular formula is C26H38IN3O3. The Morgan fingerprint density at radius 2 is 1.85 bits per heavy atom. The molecule has 0 amide bonds. The first-order valence-corrected chi connectivity index (χ1v) is 11.6. The van der Waals surface area contributed by atoms with Gasteiger partial charge in [-0.15, -0.1) is 24.0 Å². The van der Waals surface area contributed by atoms with Gasteiger partial charge in [-0.05, 0) is 61.4 Å². The van der Waals surface area contributed by atoms with Crippen LogP contribution in [0.3, 0.4) is 0 Å². The van der Waals surface area contributed by atoms with Gasteiger partial charge in [0.25, 0.3) is 0 Å². The van der Waals surface area contributed by atoms with Gasteiger partial charge in [0.2, 0.25) is 0 Å². The van der Waals surface area contributed by atoms with E-state index in [0.717, 1.165) is 62.8 Å². The average molecular weight is 568 g/mol. The summed E-state index contributed by atoms with van der Waals surface area (Å²) < 4.78 is 16.9. The third-order valence-corrected chi connectivity index (χ3v) is 5.59. The molecule has 1 fully saturated rings. The Bertz CT molecular complexity index is 870. The van der Waals surface area contributed by atoms with Gasteiger partial charge in [0.05, 0.1) is 26.4 Å². The Morgan fingerprint density at radius 1 is 1.06 bits per heavy atom. The van der Waals surface area contributed by atoms with Gasteiger partial charge >= 0.3 is 0 Å². The van der Waals surface area contributed by atoms with Gasteiger partial charge in [-0.25, -0.2) is 4.99 Å². The maximum absolute atomic E-state index is 6.06. The molecule has 0 atom stereocenters. The van der Waals surface area contributed by atoms with Crippen molar-refractivity contribution in [1.29, 1.82) is 0 Å². The van der Waals surface area contributed by atoms with Gasteiger partial charge in [0, 0.05) is 26.3 Å². The second-order valence-electron chi connectivity index (χ2n) is 8.12. The Labute approximate surface area is 215 Å². The number of aryl methyl sites for hydroxylation is 1. The second-order valence-corrected chi connectivity index (χ2v) is 8.12. The Kier molecular flexibility index (Phi) is 12.6. The summed E-state index contributed by atoms with van der Waals surface area (Å²) in [5, 5.41) is 6.77. The van der Waals surface area contributed by atoms with Crippen molar-refractivity contribution in [2.24, 2.45) is 4.99 Å². The number of guanidine groups is 1. The van der Waals surface area contributed by atoms with Crippen LogP contribution in [0.2, 0.25) is 0 Å². The number of rotatable bonds is 10. The van der Waals surface area contributed by atoms with Crippen molar-refractivity contribution in [2.75, 3.05) is 33.4 Å². The lowest BCUT2D eigenvalue weighted by atomic mass is 10.1. The van der Waals surface area contributed by atoms with Crippen LogP contribution in [-0.4, -0.2) is 45.5 Å². The molecule has 0 aromatic heterocycles. The normalized spacial score (nSPS) is 14.5. The summed E-state index contributed by atoms with van der Waals surface area (Å²) in [6, 6.07) is 14.9. The average Bonchev–Trinajstić information content (AvgIpc) is 2.83. The molecule has 2 aromatic rings. The van der Waals surface area contributed by atoms with Crippen molar-refractivity contribution in [3.8, 4) is 5.75 Å². The molecule has 33 heavy (non-hydrogen) atoms. The van der Waals surface area contributed by atoms with Crippen molar-refractivity contribution < 1.29 is 14.2 Å². The van der Waals surface area contributed by atoms with E-state index in [9.17, 15) is 0 Å². The molecule has 7 heteroatoms. The van der Waals surface area contributed by atoms with Crippen LogP contribution in [-0.2, 0) is 29.0 Å². The van der Waals surface area contributed by atoms with Crippen LogP contribution in [0.25, 0.3) is 0 Å². The van der Waals surface area contributed by atoms with Crippen LogP contribution >= 0.6 is 24.0 Å². The monoisotopic (exact) mass is 567 g/mol. The highest BCUT2D eigenvalue weighted by Gasteiger charge is 2.14. The molecule has 1 saturated heterocycles. The fraction of sp³-hybridized carbons (Fsp3) is 0.500. The lowest BCUT2D eigenvalue weighted by Crippen LogP contribution is -2.38. The van der Waals surface area contributed by atoms with E-state index in [-0.39, 0.29) is 24.0 Å². The molecule has 3 rings (SSSR count). The van der Waals surface area contributed by atoms with Gasteiger partial charge in [0.15, 0.2) is 5.96 Å². The van der Waals surface area contributed by atoms with Gasteiger partial charge < -0.3 is 24.8 Å². The number of nitrogens with one attached hydrogen (secondary N) is 2. The van der Waals surface area contributed by atoms with E-state index in [1.807, 2.05) is 0 Å². The minimum atomic E-state index is 0. The molecule has 0 spiro atoms. The van der Waals surface area contributed by atoms with Crippen molar-refractivity contribution >= 4 is 29.9 Å². The zero-order valence-corrected chi connectivity index (χ0v) is 22.4. The number of nitrogens with zero attached hydrogens (tertiary/aromatic N) is 1. The van der Waals surface area contributed by atoms with Crippen LogP contribution < -0.4 is 15.4 Å². The Balaban J connectivity index is 0.00000385. The standard InChI is InChI=1S/C26H37N3O3.HI/c1-4-27-26(28-13-10-21-9-8-20(2)25(17-21)30-3)29-18-22-6-5-7-23(16-22)19-32-24-11-14-31-15-12-24;/h5-9,16-17,24H,4,10-15,18-19H2,1-3H3,(H2,27,28,29);1H. The summed E-state index contributed by atoms with van der Waals surface area (Å²) in [5.74, 6) is 1.76. The third kappa shape index (κ3) is 9.51. The first-order valence-electron chi connectivity index (χ1n) is 11.6. The lowest BCUT2D eigenvalue weighted by Gasteiger charge is -2.22. The van der Waals surface area contributed by atoms with E-state index in [1.165, 1.54) is 16.7 Å². The molecule has 0 saturated carbocycles.